The second-order valence-electron chi connectivity index (χ2n) is 12.0. The summed E-state index contributed by atoms with van der Waals surface area (Å²) in [6.07, 6.45) is 0. The van der Waals surface area contributed by atoms with Gasteiger partial charge in [0.05, 0.1) is 44.4 Å². The number of hydrogen-bond acceptors (Lipinski definition) is 2. The van der Waals surface area contributed by atoms with Crippen LogP contribution in [-0.4, -0.2) is 9.13 Å². The summed E-state index contributed by atoms with van der Waals surface area (Å²) in [7, 11) is 0. The first-order valence-electron chi connectivity index (χ1n) is 15.8. The number of para-hydroxylation sites is 6. The normalized spacial score (nSPS) is 11.8. The molecule has 0 bridgehead atoms. The van der Waals surface area contributed by atoms with Crippen LogP contribution >= 0.6 is 0 Å². The van der Waals surface area contributed by atoms with Crippen molar-refractivity contribution in [3.63, 3.8) is 0 Å². The van der Waals surface area contributed by atoms with Crippen molar-refractivity contribution in [3.8, 4) is 28.6 Å². The highest BCUT2D eigenvalue weighted by Gasteiger charge is 2.22. The Morgan fingerprint density at radius 1 is 0.404 bits per heavy atom. The first-order chi connectivity index (χ1) is 23.3. The van der Waals surface area contributed by atoms with Gasteiger partial charge in [0.15, 0.2) is 5.58 Å². The van der Waals surface area contributed by atoms with E-state index < -0.39 is 0 Å². The number of fused-ring (bicyclic) bond motifs is 10. The summed E-state index contributed by atoms with van der Waals surface area (Å²) in [6.45, 7) is 0. The van der Waals surface area contributed by atoms with Crippen LogP contribution in [0.3, 0.4) is 0 Å². The van der Waals surface area contributed by atoms with Gasteiger partial charge in [-0.1, -0.05) is 103 Å². The van der Waals surface area contributed by atoms with Gasteiger partial charge in [0, 0.05) is 38.1 Å². The van der Waals surface area contributed by atoms with Gasteiger partial charge < -0.3 is 13.6 Å². The van der Waals surface area contributed by atoms with Crippen molar-refractivity contribution >= 4 is 65.6 Å². The number of nitrogens with zero attached hydrogens (tertiary/aromatic N) is 3. The van der Waals surface area contributed by atoms with Crippen molar-refractivity contribution in [1.29, 1.82) is 5.26 Å². The molecule has 0 unspecified atom stereocenters. The van der Waals surface area contributed by atoms with Gasteiger partial charge in [0.1, 0.15) is 11.7 Å². The van der Waals surface area contributed by atoms with Crippen molar-refractivity contribution in [2.75, 3.05) is 0 Å². The number of hydrogen-bond donors (Lipinski definition) is 0. The minimum Gasteiger partial charge on any atom is -0.454 e. The summed E-state index contributed by atoms with van der Waals surface area (Å²) < 4.78 is 11.3. The fraction of sp³-hybridized carbons (Fsp3) is 0. The van der Waals surface area contributed by atoms with Crippen LogP contribution in [-0.2, 0) is 0 Å². The summed E-state index contributed by atoms with van der Waals surface area (Å²) in [5.41, 5.74) is 11.0. The number of rotatable bonds is 3. The Bertz CT molecular complexity index is 2880. The van der Waals surface area contributed by atoms with Crippen molar-refractivity contribution < 1.29 is 4.42 Å². The van der Waals surface area contributed by atoms with E-state index in [1.165, 1.54) is 21.8 Å². The molecular weight excluding hydrogens is 574 g/mol. The van der Waals surface area contributed by atoms with Crippen LogP contribution in [0, 0.1) is 11.3 Å². The molecule has 3 aromatic heterocycles. The molecule has 47 heavy (non-hydrogen) atoms. The van der Waals surface area contributed by atoms with Gasteiger partial charge in [-0.25, -0.2) is 0 Å². The predicted molar refractivity (Wildman–Crippen MR) is 193 cm³/mol. The molecule has 10 aromatic rings. The van der Waals surface area contributed by atoms with E-state index in [0.717, 1.165) is 60.7 Å². The van der Waals surface area contributed by atoms with E-state index >= 15 is 0 Å². The largest absolute Gasteiger partial charge is 0.454 e. The summed E-state index contributed by atoms with van der Waals surface area (Å²) in [4.78, 5) is 0. The van der Waals surface area contributed by atoms with Crippen LogP contribution in [0.15, 0.2) is 156 Å². The first-order valence-corrected chi connectivity index (χ1v) is 15.8. The summed E-state index contributed by atoms with van der Waals surface area (Å²) in [5.74, 6) is 0. The molecule has 3 heterocycles. The van der Waals surface area contributed by atoms with Crippen molar-refractivity contribution in [1.82, 2.24) is 9.13 Å². The van der Waals surface area contributed by atoms with Crippen molar-refractivity contribution in [2.45, 2.75) is 0 Å². The zero-order valence-electron chi connectivity index (χ0n) is 25.2. The number of nitriles is 1. The third-order valence-electron chi connectivity index (χ3n) is 9.58. The molecule has 0 N–H and O–H groups in total. The molecule has 0 aliphatic rings. The molecule has 0 saturated heterocycles. The molecule has 0 amide bonds. The van der Waals surface area contributed by atoms with Gasteiger partial charge >= 0.3 is 0 Å². The average Bonchev–Trinajstić information content (AvgIpc) is 3.79. The molecular formula is C43H25N3O. The molecule has 10 rings (SSSR count). The van der Waals surface area contributed by atoms with E-state index in [1.54, 1.807) is 0 Å². The molecule has 4 heteroatoms. The third kappa shape index (κ3) is 3.51. The molecule has 0 radical (unpaired) electrons. The Morgan fingerprint density at radius 2 is 0.894 bits per heavy atom. The van der Waals surface area contributed by atoms with Crippen LogP contribution in [0.1, 0.15) is 5.56 Å². The number of benzene rings is 7. The van der Waals surface area contributed by atoms with Crippen LogP contribution < -0.4 is 0 Å². The molecule has 0 aliphatic heterocycles. The average molecular weight is 600 g/mol. The summed E-state index contributed by atoms with van der Waals surface area (Å²) in [5, 5.41) is 16.4. The lowest BCUT2D eigenvalue weighted by Crippen LogP contribution is -2.01. The maximum atomic E-state index is 9.83. The highest BCUT2D eigenvalue weighted by atomic mass is 16.3. The number of furan rings is 1. The molecule has 0 saturated carbocycles. The van der Waals surface area contributed by atoms with Crippen LogP contribution in [0.2, 0.25) is 0 Å². The van der Waals surface area contributed by atoms with Crippen LogP contribution in [0.5, 0.6) is 0 Å². The SMILES string of the molecule is N#Cc1cccc2c1oc1c2ccc2c1c1ccccc1n2-c1ccccc1-c1ccccc1-n1c2ccccc2c2ccccc21. The molecule has 7 aromatic carbocycles. The Balaban J connectivity index is 1.30. The minimum absolute atomic E-state index is 0.544. The summed E-state index contributed by atoms with van der Waals surface area (Å²) >= 11 is 0. The fourth-order valence-corrected chi connectivity index (χ4v) is 7.63. The Hall–Kier alpha value is -6.57. The molecule has 0 atom stereocenters. The van der Waals surface area contributed by atoms with Gasteiger partial charge in [-0.15, -0.1) is 0 Å². The lowest BCUT2D eigenvalue weighted by atomic mass is 10.0. The van der Waals surface area contributed by atoms with Crippen molar-refractivity contribution in [3.05, 3.63) is 157 Å². The molecule has 0 aliphatic carbocycles. The van der Waals surface area contributed by atoms with Crippen molar-refractivity contribution in [2.24, 2.45) is 0 Å². The standard InChI is InChI=1S/C43H25N3O/c44-26-27-12-11-18-32-33-24-25-40-41(43(33)47-42(27)32)34-17-5-10-23-39(34)46(40)38-22-9-4-16-31(38)30-15-3-8-21-37(30)45-35-19-6-1-13-28(35)29-14-2-7-20-36(29)45/h1-25H. The monoisotopic (exact) mass is 599 g/mol. The zero-order chi connectivity index (χ0) is 31.1. The van der Waals surface area contributed by atoms with Gasteiger partial charge in [-0.2, -0.15) is 5.26 Å². The van der Waals surface area contributed by atoms with E-state index in [2.05, 4.69) is 149 Å². The summed E-state index contributed by atoms with van der Waals surface area (Å²) in [6, 6.07) is 55.6. The molecule has 4 nitrogen and oxygen atoms in total. The van der Waals surface area contributed by atoms with E-state index in [4.69, 9.17) is 4.42 Å². The van der Waals surface area contributed by atoms with E-state index in [0.29, 0.717) is 11.1 Å². The second-order valence-corrected chi connectivity index (χ2v) is 12.0. The fourth-order valence-electron chi connectivity index (χ4n) is 7.63. The van der Waals surface area contributed by atoms with Crippen LogP contribution in [0.4, 0.5) is 0 Å². The lowest BCUT2D eigenvalue weighted by molar-refractivity contribution is 0.671. The molecule has 0 spiro atoms. The maximum absolute atomic E-state index is 9.83. The van der Waals surface area contributed by atoms with Crippen LogP contribution in [0.25, 0.3) is 88.1 Å². The smallest absolute Gasteiger partial charge is 0.153 e. The van der Waals surface area contributed by atoms with E-state index in [9.17, 15) is 5.26 Å². The third-order valence-corrected chi connectivity index (χ3v) is 9.58. The quantitative estimate of drug-likeness (QED) is 0.203. The maximum Gasteiger partial charge on any atom is 0.153 e. The van der Waals surface area contributed by atoms with E-state index in [1.807, 2.05) is 18.2 Å². The topological polar surface area (TPSA) is 46.8 Å². The Kier molecular flexibility index (Phi) is 5.32. The molecule has 218 valence electrons. The van der Waals surface area contributed by atoms with Gasteiger partial charge in [-0.05, 0) is 48.5 Å². The van der Waals surface area contributed by atoms with E-state index in [-0.39, 0.29) is 0 Å². The highest BCUT2D eigenvalue weighted by Crippen LogP contribution is 2.44. The highest BCUT2D eigenvalue weighted by molar-refractivity contribution is 6.24. The molecule has 0 fully saturated rings. The second kappa shape index (κ2) is 9.71. The van der Waals surface area contributed by atoms with Gasteiger partial charge in [-0.3, -0.25) is 0 Å². The zero-order valence-corrected chi connectivity index (χ0v) is 25.2. The Labute approximate surface area is 269 Å². The lowest BCUT2D eigenvalue weighted by Gasteiger charge is -2.18. The van der Waals surface area contributed by atoms with Gasteiger partial charge in [0.25, 0.3) is 0 Å². The minimum atomic E-state index is 0.544. The predicted octanol–water partition coefficient (Wildman–Crippen LogP) is 11.3. The van der Waals surface area contributed by atoms with Gasteiger partial charge in [0.2, 0.25) is 0 Å². The first kappa shape index (κ1) is 25.7. The Morgan fingerprint density at radius 3 is 1.53 bits per heavy atom. The number of aromatic nitrogens is 2.